The first-order valence-electron chi connectivity index (χ1n) is 9.23. The maximum Gasteiger partial charge on any atom is 0.338 e. The molecule has 1 rings (SSSR count). The number of hydrogen-bond acceptors (Lipinski definition) is 5. The van der Waals surface area contributed by atoms with E-state index >= 15 is 0 Å². The zero-order valence-electron chi connectivity index (χ0n) is 15.7. The summed E-state index contributed by atoms with van der Waals surface area (Å²) in [7, 11) is 0. The van der Waals surface area contributed by atoms with Gasteiger partial charge in [0.2, 0.25) is 0 Å². The second kappa shape index (κ2) is 15.6. The van der Waals surface area contributed by atoms with Crippen LogP contribution in [-0.2, 0) is 23.9 Å². The molecule has 0 fully saturated rings. The van der Waals surface area contributed by atoms with Crippen LogP contribution in [0.1, 0.15) is 78.1 Å². The van der Waals surface area contributed by atoms with Crippen LogP contribution < -0.4 is 0 Å². The summed E-state index contributed by atoms with van der Waals surface area (Å²) < 4.78 is 9.01. The van der Waals surface area contributed by atoms with E-state index in [4.69, 9.17) is 4.74 Å². The first kappa shape index (κ1) is 23.1. The molecule has 25 heavy (non-hydrogen) atoms. The Bertz CT molecular complexity index is 435. The van der Waals surface area contributed by atoms with E-state index in [-0.39, 0.29) is 5.97 Å². The minimum Gasteiger partial charge on any atom is -0.462 e. The summed E-state index contributed by atoms with van der Waals surface area (Å²) in [5.74, 6) is -1.42. The summed E-state index contributed by atoms with van der Waals surface area (Å²) in [6, 6.07) is 0. The van der Waals surface area contributed by atoms with Crippen LogP contribution >= 0.6 is 0 Å². The van der Waals surface area contributed by atoms with Crippen LogP contribution in [0.5, 0.6) is 0 Å². The molecule has 0 aromatic carbocycles. The van der Waals surface area contributed by atoms with Crippen molar-refractivity contribution >= 4 is 17.9 Å². The van der Waals surface area contributed by atoms with Crippen molar-refractivity contribution in [2.24, 2.45) is 0 Å². The fourth-order valence-corrected chi connectivity index (χ4v) is 2.18. The van der Waals surface area contributed by atoms with Crippen molar-refractivity contribution in [3.05, 3.63) is 24.3 Å². The van der Waals surface area contributed by atoms with Gasteiger partial charge in [0.25, 0.3) is 0 Å². The predicted octanol–water partition coefficient (Wildman–Crippen LogP) is 4.65. The van der Waals surface area contributed by atoms with Crippen LogP contribution in [0.3, 0.4) is 0 Å². The van der Waals surface area contributed by atoms with Gasteiger partial charge in [-0.3, -0.25) is 0 Å². The SMILES string of the molecule is C=C(C)C(=O)OCCCCCCCCCCCC.O=C1C=CC(=O)O1. The number of rotatable bonds is 12. The molecule has 0 bridgehead atoms. The van der Waals surface area contributed by atoms with Crippen molar-refractivity contribution in [3.63, 3.8) is 0 Å². The van der Waals surface area contributed by atoms with E-state index in [0.29, 0.717) is 12.2 Å². The normalized spacial score (nSPS) is 12.4. The molecule has 0 saturated carbocycles. The quantitative estimate of drug-likeness (QED) is 0.221. The van der Waals surface area contributed by atoms with Crippen molar-refractivity contribution in [1.29, 1.82) is 0 Å². The van der Waals surface area contributed by atoms with Gasteiger partial charge < -0.3 is 9.47 Å². The number of ether oxygens (including phenoxy) is 2. The second-order valence-electron chi connectivity index (χ2n) is 6.17. The number of unbranched alkanes of at least 4 members (excludes halogenated alkanes) is 9. The Morgan fingerprint density at radius 1 is 0.920 bits per heavy atom. The van der Waals surface area contributed by atoms with Gasteiger partial charge in [0.1, 0.15) is 0 Å². The highest BCUT2D eigenvalue weighted by Crippen LogP contribution is 2.10. The Morgan fingerprint density at radius 3 is 1.72 bits per heavy atom. The maximum absolute atomic E-state index is 11.1. The van der Waals surface area contributed by atoms with Crippen molar-refractivity contribution in [1.82, 2.24) is 0 Å². The minimum absolute atomic E-state index is 0.258. The van der Waals surface area contributed by atoms with Crippen LogP contribution in [-0.4, -0.2) is 24.5 Å². The summed E-state index contributed by atoms with van der Waals surface area (Å²) in [6.07, 6.45) is 15.1. The molecule has 0 aliphatic carbocycles. The average Bonchev–Trinajstić information content (AvgIpc) is 2.96. The Labute approximate surface area is 151 Å². The molecule has 0 radical (unpaired) electrons. The highest BCUT2D eigenvalue weighted by molar-refractivity contribution is 6.04. The van der Waals surface area contributed by atoms with Crippen LogP contribution in [0, 0.1) is 0 Å². The lowest BCUT2D eigenvalue weighted by atomic mass is 10.1. The lowest BCUT2D eigenvalue weighted by Gasteiger charge is -2.04. The van der Waals surface area contributed by atoms with Crippen molar-refractivity contribution in [3.8, 4) is 0 Å². The molecular formula is C20H32O5. The summed E-state index contributed by atoms with van der Waals surface area (Å²) in [5, 5.41) is 0. The molecule has 0 spiro atoms. The minimum atomic E-state index is -0.579. The first-order chi connectivity index (χ1) is 12.0. The van der Waals surface area contributed by atoms with Gasteiger partial charge in [-0.1, -0.05) is 71.3 Å². The number of carbonyl (C=O) groups is 3. The number of cyclic esters (lactones) is 2. The molecule has 0 N–H and O–H groups in total. The highest BCUT2D eigenvalue weighted by atomic mass is 16.6. The molecule has 1 aliphatic heterocycles. The Hall–Kier alpha value is -1.91. The van der Waals surface area contributed by atoms with Gasteiger partial charge in [0, 0.05) is 17.7 Å². The van der Waals surface area contributed by atoms with Gasteiger partial charge in [-0.25, -0.2) is 14.4 Å². The highest BCUT2D eigenvalue weighted by Gasteiger charge is 2.10. The number of esters is 3. The van der Waals surface area contributed by atoms with Crippen molar-refractivity contribution < 1.29 is 23.9 Å². The van der Waals surface area contributed by atoms with E-state index in [1.54, 1.807) is 6.92 Å². The monoisotopic (exact) mass is 352 g/mol. The summed E-state index contributed by atoms with van der Waals surface area (Å²) >= 11 is 0. The van der Waals surface area contributed by atoms with E-state index < -0.39 is 11.9 Å². The second-order valence-corrected chi connectivity index (χ2v) is 6.17. The predicted molar refractivity (Wildman–Crippen MR) is 97.9 cm³/mol. The first-order valence-corrected chi connectivity index (χ1v) is 9.23. The molecule has 0 saturated heterocycles. The van der Waals surface area contributed by atoms with Gasteiger partial charge in [-0.2, -0.15) is 0 Å². The summed E-state index contributed by atoms with van der Waals surface area (Å²) in [6.45, 7) is 8.03. The largest absolute Gasteiger partial charge is 0.462 e. The van der Waals surface area contributed by atoms with Crippen LogP contribution in [0.15, 0.2) is 24.3 Å². The Kier molecular flexibility index (Phi) is 14.4. The molecule has 0 unspecified atom stereocenters. The molecule has 1 heterocycles. The molecular weight excluding hydrogens is 320 g/mol. The zero-order chi connectivity index (χ0) is 18.9. The van der Waals surface area contributed by atoms with E-state index in [2.05, 4.69) is 18.2 Å². The molecule has 0 aromatic heterocycles. The van der Waals surface area contributed by atoms with Crippen LogP contribution in [0.25, 0.3) is 0 Å². The van der Waals surface area contributed by atoms with E-state index in [1.807, 2.05) is 0 Å². The zero-order valence-corrected chi connectivity index (χ0v) is 15.7. The third-order valence-electron chi connectivity index (χ3n) is 3.64. The van der Waals surface area contributed by atoms with Gasteiger partial charge in [0.15, 0.2) is 0 Å². The smallest absolute Gasteiger partial charge is 0.338 e. The van der Waals surface area contributed by atoms with Crippen molar-refractivity contribution in [2.45, 2.75) is 78.1 Å². The molecule has 0 atom stereocenters. The Balaban J connectivity index is 0.000000676. The van der Waals surface area contributed by atoms with Gasteiger partial charge in [-0.15, -0.1) is 0 Å². The van der Waals surface area contributed by atoms with Crippen LogP contribution in [0.4, 0.5) is 0 Å². The molecule has 142 valence electrons. The lowest BCUT2D eigenvalue weighted by Crippen LogP contribution is -2.05. The van der Waals surface area contributed by atoms with Crippen molar-refractivity contribution in [2.75, 3.05) is 6.61 Å². The maximum atomic E-state index is 11.1. The van der Waals surface area contributed by atoms with Gasteiger partial charge in [0.05, 0.1) is 6.61 Å². The molecule has 0 aromatic rings. The van der Waals surface area contributed by atoms with E-state index in [0.717, 1.165) is 18.6 Å². The lowest BCUT2D eigenvalue weighted by molar-refractivity contribution is -0.150. The third-order valence-corrected chi connectivity index (χ3v) is 3.64. The topological polar surface area (TPSA) is 69.7 Å². The van der Waals surface area contributed by atoms with Crippen LogP contribution in [0.2, 0.25) is 0 Å². The Morgan fingerprint density at radius 2 is 1.36 bits per heavy atom. The molecule has 1 aliphatic rings. The fourth-order valence-electron chi connectivity index (χ4n) is 2.18. The van der Waals surface area contributed by atoms with E-state index in [9.17, 15) is 14.4 Å². The summed E-state index contributed by atoms with van der Waals surface area (Å²) in [5.41, 5.74) is 0.488. The third kappa shape index (κ3) is 15.4. The number of hydrogen-bond donors (Lipinski definition) is 0. The van der Waals surface area contributed by atoms with Gasteiger partial charge in [-0.05, 0) is 13.3 Å². The molecule has 5 nitrogen and oxygen atoms in total. The molecule has 5 heteroatoms. The standard InChI is InChI=1S/C16H30O2.C4H2O3/c1-4-5-6-7-8-9-10-11-12-13-14-18-16(17)15(2)3;5-3-1-2-4(6)7-3/h2,4-14H2,1,3H3;1-2H. The fraction of sp³-hybridized carbons (Fsp3) is 0.650. The van der Waals surface area contributed by atoms with E-state index in [1.165, 1.54) is 57.8 Å². The number of carbonyl (C=O) groups excluding carboxylic acids is 3. The average molecular weight is 352 g/mol. The van der Waals surface area contributed by atoms with Gasteiger partial charge >= 0.3 is 17.9 Å². The summed E-state index contributed by atoms with van der Waals surface area (Å²) in [4.78, 5) is 30.9. The molecule has 0 amide bonds.